The van der Waals surface area contributed by atoms with Gasteiger partial charge < -0.3 is 14.8 Å². The Hall–Kier alpha value is -2.67. The summed E-state index contributed by atoms with van der Waals surface area (Å²) in [7, 11) is 0. The van der Waals surface area contributed by atoms with Crippen molar-refractivity contribution in [2.75, 3.05) is 18.5 Å². The molecule has 0 spiro atoms. The van der Waals surface area contributed by atoms with Crippen molar-refractivity contribution in [2.24, 2.45) is 0 Å². The number of thiophene rings is 1. The van der Waals surface area contributed by atoms with Crippen LogP contribution in [0, 0.1) is 6.92 Å². The van der Waals surface area contributed by atoms with E-state index in [1.165, 1.54) is 18.3 Å². The average molecular weight is 389 g/mol. The number of anilines is 1. The van der Waals surface area contributed by atoms with Crippen molar-refractivity contribution >= 4 is 34.0 Å². The van der Waals surface area contributed by atoms with Crippen molar-refractivity contribution in [1.82, 2.24) is 0 Å². The first kappa shape index (κ1) is 20.6. The number of esters is 1. The largest absolute Gasteiger partial charge is 0.484 e. The van der Waals surface area contributed by atoms with Crippen LogP contribution in [0.4, 0.5) is 5.00 Å². The molecule has 0 radical (unpaired) electrons. The van der Waals surface area contributed by atoms with E-state index < -0.39 is 11.9 Å². The van der Waals surface area contributed by atoms with Crippen LogP contribution in [0.2, 0.25) is 0 Å². The third-order valence-electron chi connectivity index (χ3n) is 3.91. The maximum absolute atomic E-state index is 12.3. The molecule has 2 aromatic rings. The Morgan fingerprint density at radius 1 is 1.19 bits per heavy atom. The summed E-state index contributed by atoms with van der Waals surface area (Å²) in [4.78, 5) is 37.0. The number of ketones is 1. The zero-order valence-electron chi connectivity index (χ0n) is 15.9. The number of amides is 1. The number of hydrogen-bond acceptors (Lipinski definition) is 6. The number of carbonyl (C=O) groups excluding carboxylic acids is 3. The van der Waals surface area contributed by atoms with Crippen LogP contribution in [-0.4, -0.2) is 30.9 Å². The minimum absolute atomic E-state index is 0.0786. The lowest BCUT2D eigenvalue weighted by Gasteiger charge is -2.09. The Kier molecular flexibility index (Phi) is 7.12. The maximum atomic E-state index is 12.3. The number of Topliss-reactive ketones (excluding diaryl/α,β-unsaturated/α-hetero) is 1. The second-order valence-electron chi connectivity index (χ2n) is 5.85. The summed E-state index contributed by atoms with van der Waals surface area (Å²) in [5.41, 5.74) is 1.73. The van der Waals surface area contributed by atoms with E-state index >= 15 is 0 Å². The standard InChI is InChI=1S/C20H23NO5S/c1-5-16-12(3)18(20(24)25-6-2)19(27-16)21-17(23)11-26-15-9-7-8-14(10-15)13(4)22/h7-10H,5-6,11H2,1-4H3,(H,21,23). The molecule has 144 valence electrons. The van der Waals surface area contributed by atoms with Crippen molar-refractivity contribution < 1.29 is 23.9 Å². The van der Waals surface area contributed by atoms with E-state index in [-0.39, 0.29) is 19.0 Å². The van der Waals surface area contributed by atoms with Crippen LogP contribution in [-0.2, 0) is 16.0 Å². The SMILES string of the molecule is CCOC(=O)c1c(NC(=O)COc2cccc(C(C)=O)c2)sc(CC)c1C. The van der Waals surface area contributed by atoms with Gasteiger partial charge in [0.15, 0.2) is 12.4 Å². The summed E-state index contributed by atoms with van der Waals surface area (Å²) >= 11 is 1.36. The van der Waals surface area contributed by atoms with E-state index in [1.807, 2.05) is 13.8 Å². The molecule has 0 bridgehead atoms. The highest BCUT2D eigenvalue weighted by Gasteiger charge is 2.23. The summed E-state index contributed by atoms with van der Waals surface area (Å²) in [5, 5.41) is 3.21. The molecule has 6 nitrogen and oxygen atoms in total. The van der Waals surface area contributed by atoms with Gasteiger partial charge in [0.2, 0.25) is 0 Å². The number of hydrogen-bond donors (Lipinski definition) is 1. The molecule has 7 heteroatoms. The predicted molar refractivity (Wildman–Crippen MR) is 105 cm³/mol. The van der Waals surface area contributed by atoms with Crippen molar-refractivity contribution in [2.45, 2.75) is 34.1 Å². The van der Waals surface area contributed by atoms with E-state index in [4.69, 9.17) is 9.47 Å². The van der Waals surface area contributed by atoms with E-state index in [1.54, 1.807) is 31.2 Å². The first-order chi connectivity index (χ1) is 12.9. The third-order valence-corrected chi connectivity index (χ3v) is 5.26. The lowest BCUT2D eigenvalue weighted by molar-refractivity contribution is -0.118. The van der Waals surface area contributed by atoms with Gasteiger partial charge in [-0.2, -0.15) is 0 Å². The van der Waals surface area contributed by atoms with Gasteiger partial charge in [-0.3, -0.25) is 9.59 Å². The van der Waals surface area contributed by atoms with Crippen molar-refractivity contribution in [3.05, 3.63) is 45.8 Å². The Balaban J connectivity index is 2.10. The molecule has 27 heavy (non-hydrogen) atoms. The molecule has 1 aromatic carbocycles. The summed E-state index contributed by atoms with van der Waals surface area (Å²) < 4.78 is 10.6. The number of benzene rings is 1. The Bertz CT molecular complexity index is 856. The first-order valence-corrected chi connectivity index (χ1v) is 9.52. The van der Waals surface area contributed by atoms with Gasteiger partial charge in [0.1, 0.15) is 10.8 Å². The van der Waals surface area contributed by atoms with Gasteiger partial charge in [-0.25, -0.2) is 4.79 Å². The minimum atomic E-state index is -0.448. The highest BCUT2D eigenvalue weighted by molar-refractivity contribution is 7.17. The monoisotopic (exact) mass is 389 g/mol. The van der Waals surface area contributed by atoms with Gasteiger partial charge in [-0.1, -0.05) is 19.1 Å². The average Bonchev–Trinajstić information content (AvgIpc) is 2.95. The third kappa shape index (κ3) is 5.17. The fourth-order valence-corrected chi connectivity index (χ4v) is 3.70. The van der Waals surface area contributed by atoms with Crippen molar-refractivity contribution in [1.29, 1.82) is 0 Å². The second kappa shape index (κ2) is 9.32. The molecule has 0 unspecified atom stereocenters. The topological polar surface area (TPSA) is 81.7 Å². The molecule has 0 saturated heterocycles. The van der Waals surface area contributed by atoms with Gasteiger partial charge in [0.25, 0.3) is 5.91 Å². The molecule has 0 aliphatic carbocycles. The summed E-state index contributed by atoms with van der Waals surface area (Å²) in [6.07, 6.45) is 0.757. The molecular weight excluding hydrogens is 366 g/mol. The predicted octanol–water partition coefficient (Wildman–Crippen LogP) is 4.02. The molecule has 0 aliphatic rings. The number of aryl methyl sites for hydroxylation is 1. The first-order valence-electron chi connectivity index (χ1n) is 8.70. The molecular formula is C20H23NO5S. The van der Waals surface area contributed by atoms with Crippen LogP contribution in [0.1, 0.15) is 51.9 Å². The van der Waals surface area contributed by atoms with Crippen LogP contribution in [0.25, 0.3) is 0 Å². The molecule has 1 aromatic heterocycles. The molecule has 1 heterocycles. The molecule has 2 rings (SSSR count). The fourth-order valence-electron chi connectivity index (χ4n) is 2.55. The maximum Gasteiger partial charge on any atom is 0.341 e. The van der Waals surface area contributed by atoms with Crippen molar-refractivity contribution in [3.63, 3.8) is 0 Å². The zero-order chi connectivity index (χ0) is 20.0. The summed E-state index contributed by atoms with van der Waals surface area (Å²) in [6, 6.07) is 6.64. The molecule has 0 atom stereocenters. The van der Waals surface area contributed by atoms with Crippen LogP contribution < -0.4 is 10.1 Å². The lowest BCUT2D eigenvalue weighted by Crippen LogP contribution is -2.21. The number of nitrogens with one attached hydrogen (secondary N) is 1. The smallest absolute Gasteiger partial charge is 0.341 e. The Labute approximate surface area is 162 Å². The second-order valence-corrected chi connectivity index (χ2v) is 6.95. The number of carbonyl (C=O) groups is 3. The van der Waals surface area contributed by atoms with Gasteiger partial charge in [0, 0.05) is 10.4 Å². The van der Waals surface area contributed by atoms with Crippen LogP contribution in [0.15, 0.2) is 24.3 Å². The van der Waals surface area contributed by atoms with Crippen LogP contribution >= 0.6 is 11.3 Å². The van der Waals surface area contributed by atoms with E-state index in [9.17, 15) is 14.4 Å². The molecule has 0 aliphatic heterocycles. The van der Waals surface area contributed by atoms with Gasteiger partial charge >= 0.3 is 5.97 Å². The van der Waals surface area contributed by atoms with E-state index in [0.717, 1.165) is 16.9 Å². The summed E-state index contributed by atoms with van der Waals surface area (Å²) in [5.74, 6) is -0.487. The van der Waals surface area contributed by atoms with Gasteiger partial charge in [0.05, 0.1) is 12.2 Å². The van der Waals surface area contributed by atoms with Crippen molar-refractivity contribution in [3.8, 4) is 5.75 Å². The fraction of sp³-hybridized carbons (Fsp3) is 0.350. The van der Waals surface area contributed by atoms with Crippen LogP contribution in [0.5, 0.6) is 5.75 Å². The highest BCUT2D eigenvalue weighted by Crippen LogP contribution is 2.34. The normalized spacial score (nSPS) is 10.4. The Morgan fingerprint density at radius 3 is 2.56 bits per heavy atom. The minimum Gasteiger partial charge on any atom is -0.484 e. The van der Waals surface area contributed by atoms with Gasteiger partial charge in [-0.15, -0.1) is 11.3 Å². The van der Waals surface area contributed by atoms with E-state index in [2.05, 4.69) is 5.32 Å². The highest BCUT2D eigenvalue weighted by atomic mass is 32.1. The lowest BCUT2D eigenvalue weighted by atomic mass is 10.1. The summed E-state index contributed by atoms with van der Waals surface area (Å²) in [6.45, 7) is 7.07. The Morgan fingerprint density at radius 2 is 1.93 bits per heavy atom. The van der Waals surface area contributed by atoms with E-state index in [0.29, 0.717) is 21.9 Å². The number of ether oxygens (including phenoxy) is 2. The van der Waals surface area contributed by atoms with Crippen LogP contribution in [0.3, 0.4) is 0 Å². The molecule has 1 amide bonds. The number of rotatable bonds is 8. The molecule has 0 saturated carbocycles. The molecule has 0 fully saturated rings. The quantitative estimate of drug-likeness (QED) is 0.545. The molecule has 1 N–H and O–H groups in total. The van der Waals surface area contributed by atoms with Gasteiger partial charge in [-0.05, 0) is 44.9 Å². The zero-order valence-corrected chi connectivity index (χ0v) is 16.7.